The third kappa shape index (κ3) is 6.18. The number of hydrogen-bond donors (Lipinski definition) is 7. The number of carboxylic acids is 2. The molecule has 1 amide bonds. The zero-order chi connectivity index (χ0) is 31.6. The molecule has 10 heteroatoms. The average molecular weight is 585 g/mol. The quantitative estimate of drug-likeness (QED) is 0.181. The summed E-state index contributed by atoms with van der Waals surface area (Å²) in [5, 5.41) is 33.3. The second-order valence-electron chi connectivity index (χ2n) is 10.6. The summed E-state index contributed by atoms with van der Waals surface area (Å²) in [5.74, 6) is -2.05. The van der Waals surface area contributed by atoms with Crippen LogP contribution < -0.4 is 16.0 Å². The van der Waals surface area contributed by atoms with Gasteiger partial charge in [0, 0.05) is 57.3 Å². The van der Waals surface area contributed by atoms with Gasteiger partial charge in [-0.15, -0.1) is 0 Å². The van der Waals surface area contributed by atoms with Crippen LogP contribution in [0.25, 0.3) is 24.3 Å². The number of carbonyl (C=O) groups excluding carboxylic acids is 1. The molecule has 4 heterocycles. The van der Waals surface area contributed by atoms with Gasteiger partial charge in [0.15, 0.2) is 5.88 Å². The highest BCUT2D eigenvalue weighted by molar-refractivity contribution is 6.03. The Morgan fingerprint density at radius 1 is 0.744 bits per heavy atom. The van der Waals surface area contributed by atoms with Crippen molar-refractivity contribution in [2.24, 2.45) is 0 Å². The standard InChI is InChI=1S/C33H36N4O6/c1-7-20-19(6)32(42)37-27(20)14-25-18(5)23(10-12-31(40)41)29(35-25)15-28-22(9-11-30(38)39)17(4)24(34-28)13-26-16(3)21(8-2)33(43)36-26/h7-8,13-15,34-35,37,42H,1-2,9-12H2,3-6H3,(H,36,43)(H,38,39)(H,40,41)/b25-14-,26-13-,29-15-. The minimum absolute atomic E-state index is 0.0403. The third-order valence-electron chi connectivity index (χ3n) is 7.96. The van der Waals surface area contributed by atoms with E-state index >= 15 is 0 Å². The van der Waals surface area contributed by atoms with Gasteiger partial charge < -0.3 is 35.6 Å². The minimum Gasteiger partial charge on any atom is -0.494 e. The predicted molar refractivity (Wildman–Crippen MR) is 166 cm³/mol. The van der Waals surface area contributed by atoms with E-state index in [2.05, 4.69) is 33.4 Å². The normalized spacial score (nSPS) is 15.1. The summed E-state index contributed by atoms with van der Waals surface area (Å²) in [4.78, 5) is 45.1. The molecular formula is C33H36N4O6. The van der Waals surface area contributed by atoms with Crippen LogP contribution in [0.4, 0.5) is 0 Å². The van der Waals surface area contributed by atoms with E-state index in [4.69, 9.17) is 0 Å². The molecule has 1 aliphatic rings. The van der Waals surface area contributed by atoms with Crippen LogP contribution in [0.5, 0.6) is 5.88 Å². The number of carbonyl (C=O) groups is 3. The molecule has 3 aromatic rings. The zero-order valence-electron chi connectivity index (χ0n) is 24.7. The zero-order valence-corrected chi connectivity index (χ0v) is 24.7. The summed E-state index contributed by atoms with van der Waals surface area (Å²) >= 11 is 0. The summed E-state index contributed by atoms with van der Waals surface area (Å²) < 4.78 is 0. The molecule has 7 N–H and O–H groups in total. The van der Waals surface area contributed by atoms with E-state index in [0.29, 0.717) is 39.3 Å². The Kier molecular flexibility index (Phi) is 8.80. The molecule has 224 valence electrons. The molecule has 10 nitrogen and oxygen atoms in total. The monoisotopic (exact) mass is 584 g/mol. The van der Waals surface area contributed by atoms with E-state index in [0.717, 1.165) is 38.7 Å². The van der Waals surface area contributed by atoms with Gasteiger partial charge in [-0.25, -0.2) is 0 Å². The topological polar surface area (TPSA) is 171 Å². The van der Waals surface area contributed by atoms with Crippen molar-refractivity contribution in [2.75, 3.05) is 0 Å². The Morgan fingerprint density at radius 2 is 1.37 bits per heavy atom. The molecule has 0 unspecified atom stereocenters. The summed E-state index contributed by atoms with van der Waals surface area (Å²) in [6.07, 6.45) is 9.06. The largest absolute Gasteiger partial charge is 0.494 e. The van der Waals surface area contributed by atoms with Crippen molar-refractivity contribution >= 4 is 42.1 Å². The Bertz CT molecular complexity index is 1860. The Balaban J connectivity index is 1.93. The van der Waals surface area contributed by atoms with Crippen LogP contribution in [0.3, 0.4) is 0 Å². The van der Waals surface area contributed by atoms with Crippen LogP contribution in [0.15, 0.2) is 36.1 Å². The van der Waals surface area contributed by atoms with Crippen LogP contribution in [0.1, 0.15) is 70.2 Å². The average Bonchev–Trinajstić information content (AvgIpc) is 3.59. The molecule has 0 saturated carbocycles. The molecule has 0 radical (unpaired) electrons. The highest BCUT2D eigenvalue weighted by Crippen LogP contribution is 2.28. The van der Waals surface area contributed by atoms with Gasteiger partial charge in [-0.1, -0.05) is 25.3 Å². The maximum atomic E-state index is 12.3. The van der Waals surface area contributed by atoms with Crippen molar-refractivity contribution in [3.05, 3.63) is 97.2 Å². The molecule has 0 aliphatic carbocycles. The van der Waals surface area contributed by atoms with Crippen LogP contribution in [0.2, 0.25) is 0 Å². The van der Waals surface area contributed by atoms with Gasteiger partial charge >= 0.3 is 11.9 Å². The van der Waals surface area contributed by atoms with Gasteiger partial charge in [-0.2, -0.15) is 0 Å². The summed E-state index contributed by atoms with van der Waals surface area (Å²) in [7, 11) is 0. The van der Waals surface area contributed by atoms with E-state index in [9.17, 15) is 29.7 Å². The number of rotatable bonds is 11. The van der Waals surface area contributed by atoms with Crippen molar-refractivity contribution in [3.8, 4) is 5.88 Å². The van der Waals surface area contributed by atoms with E-state index in [-0.39, 0.29) is 37.5 Å². The molecule has 4 rings (SSSR count). The SMILES string of the molecule is C=CC1=C(C)/C(=C/c2[nH]c(/C=c3\[nH]/c(=C\c4[nH]c(O)c(C)c4C=C)c(C)c3CCC(=O)O)c(CCC(=O)O)c2C)NC1=O. The third-order valence-corrected chi connectivity index (χ3v) is 7.96. The molecule has 43 heavy (non-hydrogen) atoms. The number of aromatic amines is 3. The van der Waals surface area contributed by atoms with Gasteiger partial charge in [0.25, 0.3) is 5.91 Å². The van der Waals surface area contributed by atoms with E-state index < -0.39 is 11.9 Å². The number of aliphatic carboxylic acids is 2. The van der Waals surface area contributed by atoms with Gasteiger partial charge in [-0.3, -0.25) is 14.4 Å². The number of nitrogens with one attached hydrogen (secondary N) is 4. The lowest BCUT2D eigenvalue weighted by Crippen LogP contribution is -2.15. The molecular weight excluding hydrogens is 548 g/mol. The molecule has 3 aromatic heterocycles. The number of H-pyrrole nitrogens is 3. The molecule has 1 aliphatic heterocycles. The first kappa shape index (κ1) is 30.7. The van der Waals surface area contributed by atoms with Crippen molar-refractivity contribution in [3.63, 3.8) is 0 Å². The number of allylic oxidation sites excluding steroid dienone is 1. The van der Waals surface area contributed by atoms with Gasteiger partial charge in [-0.05, 0) is 86.6 Å². The second kappa shape index (κ2) is 12.3. The van der Waals surface area contributed by atoms with Crippen LogP contribution >= 0.6 is 0 Å². The number of hydrogen-bond acceptors (Lipinski definition) is 4. The van der Waals surface area contributed by atoms with Gasteiger partial charge in [0.05, 0.1) is 5.69 Å². The Morgan fingerprint density at radius 3 is 1.95 bits per heavy atom. The minimum atomic E-state index is -0.929. The summed E-state index contributed by atoms with van der Waals surface area (Å²) in [6, 6.07) is 0. The van der Waals surface area contributed by atoms with Gasteiger partial charge in [0.1, 0.15) is 0 Å². The number of aromatic hydroxyl groups is 1. The fourth-order valence-electron chi connectivity index (χ4n) is 5.42. The predicted octanol–water partition coefficient (Wildman–Crippen LogP) is 3.61. The van der Waals surface area contributed by atoms with Crippen LogP contribution in [-0.2, 0) is 27.2 Å². The fourth-order valence-corrected chi connectivity index (χ4v) is 5.42. The lowest BCUT2D eigenvalue weighted by Gasteiger charge is -2.02. The summed E-state index contributed by atoms with van der Waals surface area (Å²) in [6.45, 7) is 15.0. The lowest BCUT2D eigenvalue weighted by molar-refractivity contribution is -0.138. The molecule has 0 saturated heterocycles. The van der Waals surface area contributed by atoms with E-state index in [1.807, 2.05) is 39.0 Å². The van der Waals surface area contributed by atoms with Gasteiger partial charge in [0.2, 0.25) is 0 Å². The maximum Gasteiger partial charge on any atom is 0.303 e. The van der Waals surface area contributed by atoms with Crippen LogP contribution in [0, 0.1) is 20.8 Å². The van der Waals surface area contributed by atoms with Crippen molar-refractivity contribution in [1.82, 2.24) is 20.3 Å². The molecule has 0 atom stereocenters. The lowest BCUT2D eigenvalue weighted by atomic mass is 10.0. The number of aromatic nitrogens is 3. The molecule has 0 spiro atoms. The summed E-state index contributed by atoms with van der Waals surface area (Å²) in [5.41, 5.74) is 8.60. The van der Waals surface area contributed by atoms with E-state index in [1.165, 1.54) is 6.08 Å². The first-order chi connectivity index (χ1) is 20.4. The van der Waals surface area contributed by atoms with E-state index in [1.54, 1.807) is 13.0 Å². The highest BCUT2D eigenvalue weighted by atomic mass is 16.4. The highest BCUT2D eigenvalue weighted by Gasteiger charge is 2.23. The first-order valence-electron chi connectivity index (χ1n) is 13.8. The second-order valence-corrected chi connectivity index (χ2v) is 10.6. The Labute approximate surface area is 248 Å². The molecule has 0 bridgehead atoms. The Hall–Kier alpha value is -5.25. The smallest absolute Gasteiger partial charge is 0.303 e. The number of amides is 1. The fraction of sp³-hybridized carbons (Fsp3) is 0.242. The first-order valence-corrected chi connectivity index (χ1v) is 13.8. The maximum absolute atomic E-state index is 12.3. The van der Waals surface area contributed by atoms with Crippen molar-refractivity contribution in [2.45, 2.75) is 53.4 Å². The van der Waals surface area contributed by atoms with Crippen molar-refractivity contribution in [1.29, 1.82) is 0 Å². The number of carboxylic acid groups (broad SMARTS) is 2. The van der Waals surface area contributed by atoms with Crippen LogP contribution in [-0.4, -0.2) is 48.1 Å². The molecule has 0 fully saturated rings. The molecule has 0 aromatic carbocycles. The van der Waals surface area contributed by atoms with Crippen molar-refractivity contribution < 1.29 is 29.7 Å².